The topological polar surface area (TPSA) is 83.1 Å². The Bertz CT molecular complexity index is 835. The van der Waals surface area contributed by atoms with Crippen molar-refractivity contribution in [2.45, 2.75) is 20.0 Å². The lowest BCUT2D eigenvalue weighted by molar-refractivity contribution is -0.155. The average Bonchev–Trinajstić information content (AvgIpc) is 2.67. The number of aryl methyl sites for hydroxylation is 1. The van der Waals surface area contributed by atoms with Crippen molar-refractivity contribution in [1.29, 1.82) is 0 Å². The number of benzene rings is 2. The van der Waals surface area contributed by atoms with Crippen molar-refractivity contribution >= 4 is 17.6 Å². The van der Waals surface area contributed by atoms with Crippen molar-refractivity contribution in [2.75, 3.05) is 25.1 Å². The zero-order valence-electron chi connectivity index (χ0n) is 15.2. The molecule has 1 N–H and O–H groups in total. The summed E-state index contributed by atoms with van der Waals surface area (Å²) in [5, 5.41) is 2.69. The second-order valence-corrected chi connectivity index (χ2v) is 6.03. The van der Waals surface area contributed by atoms with Gasteiger partial charge in [0.1, 0.15) is 19.0 Å². The molecule has 2 aromatic carbocycles. The van der Waals surface area contributed by atoms with Gasteiger partial charge in [0.15, 0.2) is 24.2 Å². The molecule has 0 unspecified atom stereocenters. The molecule has 7 heteroatoms. The zero-order valence-corrected chi connectivity index (χ0v) is 15.2. The molecule has 1 aliphatic rings. The Morgan fingerprint density at radius 3 is 2.63 bits per heavy atom. The van der Waals surface area contributed by atoms with Crippen molar-refractivity contribution in [3.05, 3.63) is 48.0 Å². The van der Waals surface area contributed by atoms with Crippen LogP contribution >= 0.6 is 0 Å². The van der Waals surface area contributed by atoms with Crippen molar-refractivity contribution in [3.63, 3.8) is 0 Å². The van der Waals surface area contributed by atoms with Crippen LogP contribution in [0.1, 0.15) is 12.5 Å². The fourth-order valence-corrected chi connectivity index (χ4v) is 2.50. The average molecular weight is 371 g/mol. The molecule has 1 heterocycles. The number of para-hydroxylation sites is 1. The molecule has 27 heavy (non-hydrogen) atoms. The molecule has 0 bridgehead atoms. The predicted molar refractivity (Wildman–Crippen MR) is 98.3 cm³/mol. The van der Waals surface area contributed by atoms with E-state index < -0.39 is 18.0 Å². The molecular formula is C20H21NO6. The Kier molecular flexibility index (Phi) is 5.80. The maximum Gasteiger partial charge on any atom is 0.344 e. The van der Waals surface area contributed by atoms with Crippen LogP contribution in [0, 0.1) is 6.92 Å². The van der Waals surface area contributed by atoms with E-state index in [-0.39, 0.29) is 6.61 Å². The fourth-order valence-electron chi connectivity index (χ4n) is 2.50. The van der Waals surface area contributed by atoms with Crippen LogP contribution < -0.4 is 19.5 Å². The van der Waals surface area contributed by atoms with E-state index in [1.165, 1.54) is 6.92 Å². The SMILES string of the molecule is Cc1ccccc1OCC(=O)O[C@H](C)C(=O)Nc1ccc2c(c1)OCCO2. The number of rotatable bonds is 6. The van der Waals surface area contributed by atoms with Gasteiger partial charge in [-0.15, -0.1) is 0 Å². The molecule has 0 saturated heterocycles. The number of carbonyl (C=O) groups is 2. The maximum absolute atomic E-state index is 12.2. The zero-order chi connectivity index (χ0) is 19.2. The van der Waals surface area contributed by atoms with Crippen LogP contribution in [-0.4, -0.2) is 37.8 Å². The predicted octanol–water partition coefficient (Wildman–Crippen LogP) is 2.72. The third-order valence-electron chi connectivity index (χ3n) is 3.93. The first kappa shape index (κ1) is 18.6. The summed E-state index contributed by atoms with van der Waals surface area (Å²) in [6.45, 7) is 4.06. The van der Waals surface area contributed by atoms with Gasteiger partial charge in [0.2, 0.25) is 0 Å². The van der Waals surface area contributed by atoms with Crippen molar-refractivity contribution in [2.24, 2.45) is 0 Å². The second kappa shape index (κ2) is 8.44. The molecule has 142 valence electrons. The van der Waals surface area contributed by atoms with Gasteiger partial charge in [-0.3, -0.25) is 4.79 Å². The van der Waals surface area contributed by atoms with Gasteiger partial charge in [-0.2, -0.15) is 0 Å². The van der Waals surface area contributed by atoms with E-state index in [0.717, 1.165) is 5.56 Å². The van der Waals surface area contributed by atoms with E-state index in [1.54, 1.807) is 24.3 Å². The molecule has 1 amide bonds. The molecular weight excluding hydrogens is 350 g/mol. The summed E-state index contributed by atoms with van der Waals surface area (Å²) in [6, 6.07) is 12.4. The number of esters is 1. The molecule has 1 atom stereocenters. The van der Waals surface area contributed by atoms with E-state index in [9.17, 15) is 9.59 Å². The van der Waals surface area contributed by atoms with Crippen molar-refractivity contribution < 1.29 is 28.5 Å². The lowest BCUT2D eigenvalue weighted by atomic mass is 10.2. The Morgan fingerprint density at radius 1 is 1.11 bits per heavy atom. The quantitative estimate of drug-likeness (QED) is 0.786. The number of carbonyl (C=O) groups excluding carboxylic acids is 2. The molecule has 0 aromatic heterocycles. The molecule has 2 aromatic rings. The normalized spacial score (nSPS) is 13.4. The standard InChI is InChI=1S/C20H21NO6/c1-13-5-3-4-6-16(13)26-12-19(22)27-14(2)20(23)21-15-7-8-17-18(11-15)25-10-9-24-17/h3-8,11,14H,9-10,12H2,1-2H3,(H,21,23)/t14-/m1/s1. The van der Waals surface area contributed by atoms with Gasteiger partial charge in [0.25, 0.3) is 5.91 Å². The lowest BCUT2D eigenvalue weighted by Gasteiger charge is -2.19. The van der Waals surface area contributed by atoms with Crippen molar-refractivity contribution in [3.8, 4) is 17.2 Å². The van der Waals surface area contributed by atoms with Crippen LogP contribution in [0.3, 0.4) is 0 Å². The monoisotopic (exact) mass is 371 g/mol. The summed E-state index contributed by atoms with van der Waals surface area (Å²) in [5.74, 6) is 0.726. The molecule has 0 radical (unpaired) electrons. The van der Waals surface area contributed by atoms with E-state index >= 15 is 0 Å². The highest BCUT2D eigenvalue weighted by atomic mass is 16.6. The van der Waals surface area contributed by atoms with Crippen LogP contribution in [0.2, 0.25) is 0 Å². The van der Waals surface area contributed by atoms with E-state index in [4.69, 9.17) is 18.9 Å². The van der Waals surface area contributed by atoms with Gasteiger partial charge >= 0.3 is 5.97 Å². The molecule has 1 aliphatic heterocycles. The summed E-state index contributed by atoms with van der Waals surface area (Å²) in [5.41, 5.74) is 1.44. The number of hydrogen-bond donors (Lipinski definition) is 1. The third kappa shape index (κ3) is 4.91. The molecule has 0 saturated carbocycles. The van der Waals surface area contributed by atoms with Gasteiger partial charge in [0.05, 0.1) is 0 Å². The summed E-state index contributed by atoms with van der Waals surface area (Å²) < 4.78 is 21.5. The molecule has 0 aliphatic carbocycles. The van der Waals surface area contributed by atoms with Gasteiger partial charge in [-0.25, -0.2) is 4.79 Å². The first-order chi connectivity index (χ1) is 13.0. The number of anilines is 1. The number of nitrogens with one attached hydrogen (secondary N) is 1. The first-order valence-electron chi connectivity index (χ1n) is 8.61. The van der Waals surface area contributed by atoms with Crippen LogP contribution in [0.4, 0.5) is 5.69 Å². The minimum absolute atomic E-state index is 0.271. The number of amides is 1. The highest BCUT2D eigenvalue weighted by molar-refractivity contribution is 5.95. The third-order valence-corrected chi connectivity index (χ3v) is 3.93. The van der Waals surface area contributed by atoms with E-state index in [1.807, 2.05) is 25.1 Å². The smallest absolute Gasteiger partial charge is 0.344 e. The lowest BCUT2D eigenvalue weighted by Crippen LogP contribution is -2.31. The Balaban J connectivity index is 1.50. The van der Waals surface area contributed by atoms with Gasteiger partial charge in [-0.1, -0.05) is 18.2 Å². The van der Waals surface area contributed by atoms with Crippen LogP contribution in [-0.2, 0) is 14.3 Å². The first-order valence-corrected chi connectivity index (χ1v) is 8.61. The van der Waals surface area contributed by atoms with Crippen molar-refractivity contribution in [1.82, 2.24) is 0 Å². The molecule has 0 spiro atoms. The van der Waals surface area contributed by atoms with Gasteiger partial charge in [-0.05, 0) is 37.6 Å². The highest BCUT2D eigenvalue weighted by Crippen LogP contribution is 2.32. The number of fused-ring (bicyclic) bond motifs is 1. The van der Waals surface area contributed by atoms with E-state index in [0.29, 0.717) is 36.1 Å². The number of hydrogen-bond acceptors (Lipinski definition) is 6. The molecule has 0 fully saturated rings. The Hall–Kier alpha value is -3.22. The summed E-state index contributed by atoms with van der Waals surface area (Å²) >= 11 is 0. The van der Waals surface area contributed by atoms with Gasteiger partial charge < -0.3 is 24.3 Å². The van der Waals surface area contributed by atoms with Crippen LogP contribution in [0.25, 0.3) is 0 Å². The highest BCUT2D eigenvalue weighted by Gasteiger charge is 2.20. The van der Waals surface area contributed by atoms with Gasteiger partial charge in [0, 0.05) is 11.8 Å². The van der Waals surface area contributed by atoms with E-state index in [2.05, 4.69) is 5.32 Å². The minimum Gasteiger partial charge on any atom is -0.486 e. The maximum atomic E-state index is 12.2. The summed E-state index contributed by atoms with van der Waals surface area (Å²) in [4.78, 5) is 24.2. The summed E-state index contributed by atoms with van der Waals surface area (Å²) in [6.07, 6.45) is -0.967. The Morgan fingerprint density at radius 2 is 1.85 bits per heavy atom. The van der Waals surface area contributed by atoms with Crippen LogP contribution in [0.5, 0.6) is 17.2 Å². The largest absolute Gasteiger partial charge is 0.486 e. The second-order valence-electron chi connectivity index (χ2n) is 6.03. The Labute approximate surface area is 157 Å². The minimum atomic E-state index is -0.967. The fraction of sp³-hybridized carbons (Fsp3) is 0.300. The summed E-state index contributed by atoms with van der Waals surface area (Å²) in [7, 11) is 0. The molecule has 7 nitrogen and oxygen atoms in total. The molecule has 3 rings (SSSR count). The number of ether oxygens (including phenoxy) is 4. The van der Waals surface area contributed by atoms with Crippen LogP contribution in [0.15, 0.2) is 42.5 Å².